The minimum absolute atomic E-state index is 0.0266. The number of carboxylic acids is 1. The number of ether oxygens (including phenoxy) is 1. The monoisotopic (exact) mass is 288 g/mol. The number of methoxy groups -OCH3 is 1. The van der Waals surface area contributed by atoms with E-state index in [-0.39, 0.29) is 9.00 Å². The molecule has 0 aliphatic carbocycles. The van der Waals surface area contributed by atoms with Crippen LogP contribution in [0.3, 0.4) is 0 Å². The van der Waals surface area contributed by atoms with E-state index in [0.29, 0.717) is 39.9 Å². The molecule has 0 fully saturated rings. The minimum atomic E-state index is -0.879. The van der Waals surface area contributed by atoms with Crippen LogP contribution in [0.2, 0.25) is 0 Å². The first-order valence-electron chi connectivity index (χ1n) is 6.30. The van der Waals surface area contributed by atoms with Gasteiger partial charge in [-0.1, -0.05) is 18.2 Å². The van der Waals surface area contributed by atoms with Gasteiger partial charge in [-0.15, -0.1) is 0 Å². The van der Waals surface area contributed by atoms with Crippen LogP contribution in [0.25, 0.3) is 0 Å². The van der Waals surface area contributed by atoms with Crippen molar-refractivity contribution < 1.29 is 24.2 Å². The zero-order valence-electron chi connectivity index (χ0n) is 12.0. The van der Waals surface area contributed by atoms with Crippen molar-refractivity contribution in [3.05, 3.63) is 35.9 Å². The summed E-state index contributed by atoms with van der Waals surface area (Å²) in [6.07, 6.45) is 1.46. The van der Waals surface area contributed by atoms with E-state index in [9.17, 15) is 14.4 Å². The van der Waals surface area contributed by atoms with Crippen LogP contribution in [0.1, 0.15) is 30.1 Å². The van der Waals surface area contributed by atoms with Gasteiger partial charge in [0.25, 0.3) is 0 Å². The van der Waals surface area contributed by atoms with Crippen molar-refractivity contribution >= 4 is 42.9 Å². The summed E-state index contributed by atoms with van der Waals surface area (Å²) in [5.41, 5.74) is 0.331. The van der Waals surface area contributed by atoms with Crippen molar-refractivity contribution in [1.82, 2.24) is 0 Å². The molecule has 1 rings (SSSR count). The molecule has 0 amide bonds. The Bertz CT molecular complexity index is 444. The second-order valence-corrected chi connectivity index (χ2v) is 5.13. The molecule has 6 heteroatoms. The van der Waals surface area contributed by atoms with Gasteiger partial charge < -0.3 is 5.11 Å². The fraction of sp³-hybridized carbons (Fsp3) is 0.357. The predicted octanol–water partition coefficient (Wildman–Crippen LogP) is 1.66. The third-order valence-electron chi connectivity index (χ3n) is 2.57. The van der Waals surface area contributed by atoms with Crippen LogP contribution in [0.4, 0.5) is 0 Å². The third kappa shape index (κ3) is 7.43. The topological polar surface area (TPSA) is 80.7 Å². The number of aromatic carboxylic acids is 1. The van der Waals surface area contributed by atoms with Crippen LogP contribution < -0.4 is 0 Å². The molecule has 0 saturated carbocycles. The number of esters is 1. The molecule has 1 aromatic rings. The summed E-state index contributed by atoms with van der Waals surface area (Å²) in [6.45, 7) is 1.94. The second-order valence-electron chi connectivity index (χ2n) is 4.15. The molecule has 0 bridgehead atoms. The van der Waals surface area contributed by atoms with E-state index < -0.39 is 11.9 Å². The van der Waals surface area contributed by atoms with Gasteiger partial charge >= 0.3 is 90.0 Å². The van der Waals surface area contributed by atoms with Crippen LogP contribution in [-0.2, 0) is 14.3 Å². The van der Waals surface area contributed by atoms with Crippen molar-refractivity contribution in [2.24, 2.45) is 5.92 Å². The summed E-state index contributed by atoms with van der Waals surface area (Å²) < 4.78 is 4.52. The number of carbonyl (C=O) groups excluding carboxylic acids is 2. The quantitative estimate of drug-likeness (QED) is 0.506. The molecule has 1 aromatic carbocycles. The standard InChI is InChI=1S/C7H11O3.C7H6O2.Na/c1-3-4-6(5-8)7(9)10-2;8-7(9)6-4-2-1-3-5-6;/h6H,3-4H2,1-2H3;1-5H,(H,8,9);. The molecule has 104 valence electrons. The van der Waals surface area contributed by atoms with Gasteiger partial charge in [-0.2, -0.15) is 0 Å². The average molecular weight is 288 g/mol. The zero-order valence-corrected chi connectivity index (χ0v) is 14.0. The summed E-state index contributed by atoms with van der Waals surface area (Å²) in [7, 11) is 1.31. The summed E-state index contributed by atoms with van der Waals surface area (Å²) in [4.78, 5) is 32.0. The Morgan fingerprint density at radius 1 is 1.25 bits per heavy atom. The maximum absolute atomic E-state index is 10.9. The molecule has 0 saturated heterocycles. The van der Waals surface area contributed by atoms with Gasteiger partial charge in [-0.25, -0.2) is 4.79 Å². The van der Waals surface area contributed by atoms with Gasteiger partial charge in [0, 0.05) is 0 Å². The maximum atomic E-state index is 10.9. The van der Waals surface area contributed by atoms with Crippen molar-refractivity contribution in [1.29, 1.82) is 0 Å². The number of carboxylic acid groups (broad SMARTS) is 1. The molecule has 0 heterocycles. The molecule has 5 nitrogen and oxygen atoms in total. The fourth-order valence-corrected chi connectivity index (χ4v) is 2.02. The Morgan fingerprint density at radius 3 is 2.10 bits per heavy atom. The van der Waals surface area contributed by atoms with Crippen molar-refractivity contribution in [2.45, 2.75) is 19.8 Å². The Labute approximate surface area is 135 Å². The molecule has 0 aromatic heterocycles. The molecule has 0 aliphatic heterocycles. The van der Waals surface area contributed by atoms with Crippen LogP contribution in [0.5, 0.6) is 0 Å². The third-order valence-corrected chi connectivity index (χ3v) is 3.27. The number of rotatable bonds is 5. The van der Waals surface area contributed by atoms with Crippen LogP contribution >= 0.6 is 0 Å². The van der Waals surface area contributed by atoms with E-state index in [2.05, 4.69) is 4.74 Å². The number of hydrogen-bond acceptors (Lipinski definition) is 4. The molecule has 1 unspecified atom stereocenters. The predicted molar refractivity (Wildman–Crippen MR) is 74.6 cm³/mol. The number of hydrogen-bond donors (Lipinski definition) is 1. The second kappa shape index (κ2) is 10.6. The van der Waals surface area contributed by atoms with Gasteiger partial charge in [0.2, 0.25) is 0 Å². The average Bonchev–Trinajstić information content (AvgIpc) is 2.45. The van der Waals surface area contributed by atoms with E-state index in [0.717, 1.165) is 6.42 Å². The van der Waals surface area contributed by atoms with Gasteiger partial charge in [0.05, 0.1) is 5.56 Å². The summed E-state index contributed by atoms with van der Waals surface area (Å²) in [5, 5.41) is 8.38. The van der Waals surface area contributed by atoms with E-state index >= 15 is 0 Å². The van der Waals surface area contributed by atoms with Crippen molar-refractivity contribution in [2.75, 3.05) is 7.11 Å². The van der Waals surface area contributed by atoms with Crippen LogP contribution in [0.15, 0.2) is 30.3 Å². The largest absolute Gasteiger partial charge is 0.478 e. The SMILES string of the molecule is CCCC([C](=O)[Na])C(=O)OC.O=C(O)c1ccccc1. The van der Waals surface area contributed by atoms with Gasteiger partial charge in [-0.3, -0.25) is 0 Å². The molecule has 0 aliphatic rings. The molecular formula is C14H17NaO5. The van der Waals surface area contributed by atoms with Gasteiger partial charge in [-0.05, 0) is 12.1 Å². The Hall–Kier alpha value is -1.17. The molecular weight excluding hydrogens is 271 g/mol. The van der Waals surface area contributed by atoms with E-state index in [1.54, 1.807) is 30.3 Å². The normalized spacial score (nSPS) is 10.8. The molecule has 0 radical (unpaired) electrons. The molecule has 1 atom stereocenters. The van der Waals surface area contributed by atoms with Crippen molar-refractivity contribution in [3.8, 4) is 0 Å². The Balaban J connectivity index is 0.000000367. The van der Waals surface area contributed by atoms with E-state index in [4.69, 9.17) is 5.11 Å². The smallest absolute Gasteiger partial charge is 0.335 e. The summed E-state index contributed by atoms with van der Waals surface area (Å²) >= 11 is 0.429. The van der Waals surface area contributed by atoms with Crippen molar-refractivity contribution in [3.63, 3.8) is 0 Å². The summed E-state index contributed by atoms with van der Waals surface area (Å²) in [5.74, 6) is -1.75. The van der Waals surface area contributed by atoms with Crippen LogP contribution in [0, 0.1) is 5.92 Å². The first kappa shape index (κ1) is 18.8. The zero-order chi connectivity index (χ0) is 15.5. The molecule has 1 N–H and O–H groups in total. The van der Waals surface area contributed by atoms with E-state index in [1.165, 1.54) is 7.11 Å². The van der Waals surface area contributed by atoms with Gasteiger partial charge in [0.1, 0.15) is 0 Å². The Morgan fingerprint density at radius 2 is 1.80 bits per heavy atom. The Kier molecular flexibility index (Phi) is 9.98. The first-order valence-corrected chi connectivity index (χ1v) is 7.30. The number of carbonyl (C=O) groups is 3. The fourth-order valence-electron chi connectivity index (χ4n) is 1.50. The molecule has 0 spiro atoms. The maximum Gasteiger partial charge on any atom is 0.335 e. The first-order chi connectivity index (χ1) is 9.43. The molecule has 20 heavy (non-hydrogen) atoms. The van der Waals surface area contributed by atoms with E-state index in [1.807, 2.05) is 6.92 Å². The number of benzene rings is 1. The van der Waals surface area contributed by atoms with Gasteiger partial charge in [0.15, 0.2) is 0 Å². The van der Waals surface area contributed by atoms with Crippen LogP contribution in [-0.4, -0.2) is 55.1 Å². The minimum Gasteiger partial charge on any atom is -0.478 e. The summed E-state index contributed by atoms with van der Waals surface area (Å²) in [6, 6.07) is 8.30.